The van der Waals surface area contributed by atoms with E-state index in [1.54, 1.807) is 0 Å². The summed E-state index contributed by atoms with van der Waals surface area (Å²) in [5, 5.41) is 10.1. The lowest BCUT2D eigenvalue weighted by Crippen LogP contribution is -2.49. The van der Waals surface area contributed by atoms with Crippen molar-refractivity contribution >= 4 is 0 Å². The van der Waals surface area contributed by atoms with Gasteiger partial charge in [0, 0.05) is 6.42 Å². The zero-order valence-corrected chi connectivity index (χ0v) is 10.5. The highest BCUT2D eigenvalue weighted by molar-refractivity contribution is 5.00. The van der Waals surface area contributed by atoms with Crippen molar-refractivity contribution in [2.24, 2.45) is 29.6 Å². The Kier molecular flexibility index (Phi) is 3.12. The minimum Gasteiger partial charge on any atom is -0.393 e. The zero-order valence-electron chi connectivity index (χ0n) is 10.5. The van der Waals surface area contributed by atoms with Crippen LogP contribution in [0, 0.1) is 29.6 Å². The average molecular weight is 262 g/mol. The molecule has 0 heterocycles. The van der Waals surface area contributed by atoms with Crippen LogP contribution in [0.5, 0.6) is 0 Å². The lowest BCUT2D eigenvalue weighted by atomic mass is 9.50. The molecule has 4 aliphatic carbocycles. The third-order valence-electron chi connectivity index (χ3n) is 5.47. The maximum Gasteiger partial charge on any atom is 0.389 e. The second kappa shape index (κ2) is 4.39. The summed E-state index contributed by atoms with van der Waals surface area (Å²) in [7, 11) is 0. The summed E-state index contributed by atoms with van der Waals surface area (Å²) in [4.78, 5) is 0. The van der Waals surface area contributed by atoms with Crippen molar-refractivity contribution in [3.63, 3.8) is 0 Å². The van der Waals surface area contributed by atoms with Crippen LogP contribution < -0.4 is 0 Å². The van der Waals surface area contributed by atoms with E-state index in [-0.39, 0.29) is 12.3 Å². The Labute approximate surface area is 106 Å². The monoisotopic (exact) mass is 262 g/mol. The number of halogens is 3. The number of aliphatic hydroxyl groups is 1. The molecule has 0 aliphatic heterocycles. The molecule has 0 amide bonds. The maximum atomic E-state index is 12.2. The molecule has 0 aromatic rings. The second-order valence-electron chi connectivity index (χ2n) is 6.73. The Morgan fingerprint density at radius 3 is 1.89 bits per heavy atom. The van der Waals surface area contributed by atoms with Crippen molar-refractivity contribution in [3.05, 3.63) is 0 Å². The fourth-order valence-electron chi connectivity index (χ4n) is 5.10. The molecule has 104 valence electrons. The highest BCUT2D eigenvalue weighted by Gasteiger charge is 2.50. The predicted octanol–water partition coefficient (Wildman–Crippen LogP) is 3.76. The van der Waals surface area contributed by atoms with E-state index in [4.69, 9.17) is 0 Å². The number of aliphatic hydroxyl groups excluding tert-OH is 1. The Morgan fingerprint density at radius 1 is 0.944 bits per heavy atom. The van der Waals surface area contributed by atoms with Gasteiger partial charge in [0.1, 0.15) is 0 Å². The van der Waals surface area contributed by atoms with Crippen molar-refractivity contribution < 1.29 is 18.3 Å². The predicted molar refractivity (Wildman–Crippen MR) is 61.8 cm³/mol. The molecule has 4 aliphatic rings. The maximum absolute atomic E-state index is 12.2. The molecule has 1 nitrogen and oxygen atoms in total. The van der Waals surface area contributed by atoms with Gasteiger partial charge in [0.25, 0.3) is 0 Å². The molecule has 4 bridgehead atoms. The van der Waals surface area contributed by atoms with Crippen LogP contribution in [0.25, 0.3) is 0 Å². The molecule has 4 fully saturated rings. The second-order valence-corrected chi connectivity index (χ2v) is 6.73. The van der Waals surface area contributed by atoms with Crippen molar-refractivity contribution in [2.75, 3.05) is 0 Å². The van der Waals surface area contributed by atoms with Gasteiger partial charge in [-0.1, -0.05) is 0 Å². The third-order valence-corrected chi connectivity index (χ3v) is 5.47. The summed E-state index contributed by atoms with van der Waals surface area (Å²) in [6.45, 7) is 0. The van der Waals surface area contributed by atoms with E-state index in [1.165, 1.54) is 6.42 Å². The SMILES string of the molecule is OC(CCC(F)(F)F)C1C2CC3CC(C2)CC1C3. The number of hydrogen-bond donors (Lipinski definition) is 1. The van der Waals surface area contributed by atoms with Crippen LogP contribution in [0.4, 0.5) is 13.2 Å². The van der Waals surface area contributed by atoms with Gasteiger partial charge in [-0.15, -0.1) is 0 Å². The Hall–Kier alpha value is -0.250. The first kappa shape index (κ1) is 12.8. The van der Waals surface area contributed by atoms with Gasteiger partial charge in [-0.05, 0) is 68.1 Å². The van der Waals surface area contributed by atoms with E-state index in [1.807, 2.05) is 0 Å². The van der Waals surface area contributed by atoms with Crippen LogP contribution in [0.15, 0.2) is 0 Å². The zero-order chi connectivity index (χ0) is 12.9. The van der Waals surface area contributed by atoms with Gasteiger partial charge in [0.05, 0.1) is 6.10 Å². The van der Waals surface area contributed by atoms with Crippen molar-refractivity contribution in [1.82, 2.24) is 0 Å². The normalized spacial score (nSPS) is 44.3. The number of hydrogen-bond acceptors (Lipinski definition) is 1. The first-order valence-corrected chi connectivity index (χ1v) is 7.17. The molecule has 4 rings (SSSR count). The largest absolute Gasteiger partial charge is 0.393 e. The van der Waals surface area contributed by atoms with Crippen LogP contribution >= 0.6 is 0 Å². The summed E-state index contributed by atoms with van der Waals surface area (Å²) in [6.07, 6.45) is 0.142. The van der Waals surface area contributed by atoms with Gasteiger partial charge in [0.15, 0.2) is 0 Å². The van der Waals surface area contributed by atoms with Gasteiger partial charge in [-0.2, -0.15) is 13.2 Å². The fourth-order valence-corrected chi connectivity index (χ4v) is 5.10. The first-order chi connectivity index (χ1) is 8.42. The lowest BCUT2D eigenvalue weighted by molar-refractivity contribution is -0.149. The molecule has 4 saturated carbocycles. The Bertz CT molecular complexity index is 285. The summed E-state index contributed by atoms with van der Waals surface area (Å²) in [5.41, 5.74) is 0. The highest BCUT2D eigenvalue weighted by Crippen LogP contribution is 2.57. The van der Waals surface area contributed by atoms with E-state index in [0.29, 0.717) is 11.8 Å². The van der Waals surface area contributed by atoms with E-state index >= 15 is 0 Å². The molecular formula is C14H21F3O. The molecule has 0 radical (unpaired) electrons. The van der Waals surface area contributed by atoms with E-state index in [9.17, 15) is 18.3 Å². The number of rotatable bonds is 3. The van der Waals surface area contributed by atoms with Crippen LogP contribution in [0.2, 0.25) is 0 Å². The van der Waals surface area contributed by atoms with Crippen LogP contribution in [0.3, 0.4) is 0 Å². The smallest absolute Gasteiger partial charge is 0.389 e. The molecule has 1 atom stereocenters. The average Bonchev–Trinajstić information content (AvgIpc) is 2.23. The summed E-state index contributed by atoms with van der Waals surface area (Å²) in [5.74, 6) is 2.77. The fraction of sp³-hybridized carbons (Fsp3) is 1.00. The summed E-state index contributed by atoms with van der Waals surface area (Å²) < 4.78 is 36.7. The molecule has 0 saturated heterocycles. The summed E-state index contributed by atoms with van der Waals surface area (Å²) >= 11 is 0. The standard InChI is InChI=1S/C14H21F3O/c15-14(16,17)2-1-12(18)13-10-4-8-3-9(6-10)7-11(13)5-8/h8-13,18H,1-7H2. The molecule has 4 heteroatoms. The van der Waals surface area contributed by atoms with Gasteiger partial charge in [-0.25, -0.2) is 0 Å². The Morgan fingerprint density at radius 2 is 1.44 bits per heavy atom. The molecule has 1 N–H and O–H groups in total. The van der Waals surface area contributed by atoms with Crippen molar-refractivity contribution in [3.8, 4) is 0 Å². The summed E-state index contributed by atoms with van der Waals surface area (Å²) in [6, 6.07) is 0. The molecule has 18 heavy (non-hydrogen) atoms. The molecular weight excluding hydrogens is 241 g/mol. The Balaban J connectivity index is 1.62. The van der Waals surface area contributed by atoms with Gasteiger partial charge < -0.3 is 5.11 Å². The van der Waals surface area contributed by atoms with E-state index in [0.717, 1.165) is 37.5 Å². The minimum absolute atomic E-state index is 0.101. The molecule has 1 unspecified atom stereocenters. The van der Waals surface area contributed by atoms with Gasteiger partial charge >= 0.3 is 6.18 Å². The topological polar surface area (TPSA) is 20.2 Å². The highest BCUT2D eigenvalue weighted by atomic mass is 19.4. The van der Waals surface area contributed by atoms with Crippen LogP contribution in [0.1, 0.15) is 44.9 Å². The van der Waals surface area contributed by atoms with Gasteiger partial charge in [-0.3, -0.25) is 0 Å². The first-order valence-electron chi connectivity index (χ1n) is 7.17. The van der Waals surface area contributed by atoms with Crippen LogP contribution in [-0.2, 0) is 0 Å². The van der Waals surface area contributed by atoms with Gasteiger partial charge in [0.2, 0.25) is 0 Å². The van der Waals surface area contributed by atoms with E-state index < -0.39 is 18.7 Å². The third kappa shape index (κ3) is 2.40. The minimum atomic E-state index is -4.13. The van der Waals surface area contributed by atoms with Crippen LogP contribution in [-0.4, -0.2) is 17.4 Å². The van der Waals surface area contributed by atoms with E-state index in [2.05, 4.69) is 0 Å². The molecule has 0 aromatic carbocycles. The number of alkyl halides is 3. The van der Waals surface area contributed by atoms with Crippen molar-refractivity contribution in [1.29, 1.82) is 0 Å². The van der Waals surface area contributed by atoms with Crippen molar-refractivity contribution in [2.45, 2.75) is 57.2 Å². The lowest BCUT2D eigenvalue weighted by Gasteiger charge is -2.55. The quantitative estimate of drug-likeness (QED) is 0.821. The molecule has 0 aromatic heterocycles. The molecule has 0 spiro atoms.